The normalized spacial score (nSPS) is 11.9. The maximum atomic E-state index is 14.2. The van der Waals surface area contributed by atoms with E-state index in [2.05, 4.69) is 5.32 Å². The van der Waals surface area contributed by atoms with Crippen molar-refractivity contribution in [3.63, 3.8) is 0 Å². The summed E-state index contributed by atoms with van der Waals surface area (Å²) >= 11 is 12.3. The SMILES string of the molecule is CNC(=O)[C@H](Cc1ccccc1)N(Cc1cccc(Cl)c1)C(=O)CN(c1ccc(Cl)cc1)S(=O)(=O)c1ccc(C)cc1. The van der Waals surface area contributed by atoms with Crippen LogP contribution in [-0.2, 0) is 32.6 Å². The fourth-order valence-corrected chi connectivity index (χ4v) is 6.28. The van der Waals surface area contributed by atoms with Crippen molar-refractivity contribution in [1.29, 1.82) is 0 Å². The average molecular weight is 625 g/mol. The first kappa shape index (κ1) is 31.1. The third-order valence-corrected chi connectivity index (χ3v) is 9.04. The number of sulfonamides is 1. The van der Waals surface area contributed by atoms with Gasteiger partial charge in [-0.25, -0.2) is 8.42 Å². The number of amides is 2. The van der Waals surface area contributed by atoms with Gasteiger partial charge in [0.15, 0.2) is 0 Å². The van der Waals surface area contributed by atoms with E-state index in [1.165, 1.54) is 24.1 Å². The number of halogens is 2. The Kier molecular flexibility index (Phi) is 10.3. The molecule has 2 amide bonds. The van der Waals surface area contributed by atoms with Crippen molar-refractivity contribution < 1.29 is 18.0 Å². The third kappa shape index (κ3) is 7.70. The van der Waals surface area contributed by atoms with Crippen molar-refractivity contribution in [2.75, 3.05) is 17.9 Å². The van der Waals surface area contributed by atoms with E-state index in [0.717, 1.165) is 15.4 Å². The number of likely N-dealkylation sites (N-methyl/N-ethyl adjacent to an activating group) is 1. The Bertz CT molecular complexity index is 1630. The van der Waals surface area contributed by atoms with Crippen LogP contribution in [0.2, 0.25) is 10.0 Å². The molecule has 0 fully saturated rings. The molecule has 1 atom stereocenters. The first-order valence-electron chi connectivity index (χ1n) is 13.2. The van der Waals surface area contributed by atoms with Gasteiger partial charge in [-0.15, -0.1) is 0 Å². The minimum atomic E-state index is -4.18. The van der Waals surface area contributed by atoms with E-state index < -0.39 is 28.5 Å². The molecule has 10 heteroatoms. The Labute approximate surface area is 256 Å². The molecular formula is C32H31Cl2N3O4S. The summed E-state index contributed by atoms with van der Waals surface area (Å²) in [6, 6.07) is 28.0. The molecular weight excluding hydrogens is 593 g/mol. The lowest BCUT2D eigenvalue weighted by Gasteiger charge is -2.33. The zero-order valence-corrected chi connectivity index (χ0v) is 25.5. The number of hydrogen-bond acceptors (Lipinski definition) is 4. The summed E-state index contributed by atoms with van der Waals surface area (Å²) in [6.07, 6.45) is 0.221. The van der Waals surface area contributed by atoms with E-state index in [9.17, 15) is 18.0 Å². The summed E-state index contributed by atoms with van der Waals surface area (Å²) < 4.78 is 29.0. The number of aryl methyl sites for hydroxylation is 1. The number of carbonyl (C=O) groups excluding carboxylic acids is 2. The van der Waals surface area contributed by atoms with Gasteiger partial charge in [0.05, 0.1) is 10.6 Å². The molecule has 0 bridgehead atoms. The standard InChI is InChI=1S/C32H31Cl2N3O4S/c1-23-11-17-29(18-12-23)42(40,41)37(28-15-13-26(33)14-16-28)22-31(38)36(21-25-9-6-10-27(34)19-25)30(32(39)35-2)20-24-7-4-3-5-8-24/h3-19,30H,20-22H2,1-2H3,(H,35,39)/t30-/m0/s1. The molecule has 0 radical (unpaired) electrons. The summed E-state index contributed by atoms with van der Waals surface area (Å²) in [5, 5.41) is 3.56. The molecule has 0 aliphatic heterocycles. The number of carbonyl (C=O) groups is 2. The lowest BCUT2D eigenvalue weighted by atomic mass is 10.0. The second-order valence-electron chi connectivity index (χ2n) is 9.77. The number of nitrogens with zero attached hydrogens (tertiary/aromatic N) is 2. The Morgan fingerprint density at radius 1 is 0.810 bits per heavy atom. The molecule has 4 aromatic carbocycles. The molecule has 0 aromatic heterocycles. The van der Waals surface area contributed by atoms with Crippen molar-refractivity contribution in [3.05, 3.63) is 130 Å². The highest BCUT2D eigenvalue weighted by Gasteiger charge is 2.34. The maximum Gasteiger partial charge on any atom is 0.264 e. The number of benzene rings is 4. The van der Waals surface area contributed by atoms with Crippen molar-refractivity contribution in [2.24, 2.45) is 0 Å². The summed E-state index contributed by atoms with van der Waals surface area (Å²) in [4.78, 5) is 29.0. The summed E-state index contributed by atoms with van der Waals surface area (Å²) in [5.41, 5.74) is 2.69. The second-order valence-corrected chi connectivity index (χ2v) is 12.5. The highest BCUT2D eigenvalue weighted by molar-refractivity contribution is 7.92. The lowest BCUT2D eigenvalue weighted by Crippen LogP contribution is -2.53. The van der Waals surface area contributed by atoms with Gasteiger partial charge < -0.3 is 10.2 Å². The van der Waals surface area contributed by atoms with Gasteiger partial charge in [0.1, 0.15) is 12.6 Å². The molecule has 7 nitrogen and oxygen atoms in total. The van der Waals surface area contributed by atoms with Gasteiger partial charge in [0.25, 0.3) is 10.0 Å². The van der Waals surface area contributed by atoms with Gasteiger partial charge in [-0.05, 0) is 66.6 Å². The van der Waals surface area contributed by atoms with Crippen molar-refractivity contribution in [3.8, 4) is 0 Å². The molecule has 0 aliphatic carbocycles. The molecule has 4 rings (SSSR count). The minimum Gasteiger partial charge on any atom is -0.357 e. The molecule has 0 saturated carbocycles. The number of anilines is 1. The first-order valence-corrected chi connectivity index (χ1v) is 15.4. The molecule has 4 aromatic rings. The molecule has 42 heavy (non-hydrogen) atoms. The summed E-state index contributed by atoms with van der Waals surface area (Å²) in [7, 11) is -2.68. The molecule has 0 spiro atoms. The lowest BCUT2D eigenvalue weighted by molar-refractivity contribution is -0.139. The Morgan fingerprint density at radius 2 is 1.45 bits per heavy atom. The Morgan fingerprint density at radius 3 is 2.07 bits per heavy atom. The topological polar surface area (TPSA) is 86.8 Å². The molecule has 0 aliphatic rings. The van der Waals surface area contributed by atoms with Crippen molar-refractivity contribution in [1.82, 2.24) is 10.2 Å². The monoisotopic (exact) mass is 623 g/mol. The summed E-state index contributed by atoms with van der Waals surface area (Å²) in [5.74, 6) is -0.946. The fourth-order valence-electron chi connectivity index (χ4n) is 4.53. The van der Waals surface area contributed by atoms with Gasteiger partial charge >= 0.3 is 0 Å². The first-order chi connectivity index (χ1) is 20.1. The Balaban J connectivity index is 1.78. The van der Waals surface area contributed by atoms with Crippen LogP contribution in [0.1, 0.15) is 16.7 Å². The van der Waals surface area contributed by atoms with Gasteiger partial charge in [0, 0.05) is 30.1 Å². The van der Waals surface area contributed by atoms with Gasteiger partial charge in [-0.3, -0.25) is 13.9 Å². The molecule has 0 heterocycles. The van der Waals surface area contributed by atoms with Crippen LogP contribution in [0.3, 0.4) is 0 Å². The second kappa shape index (κ2) is 13.9. The highest BCUT2D eigenvalue weighted by Crippen LogP contribution is 2.27. The van der Waals surface area contributed by atoms with E-state index >= 15 is 0 Å². The van der Waals surface area contributed by atoms with Crippen LogP contribution in [0.4, 0.5) is 5.69 Å². The van der Waals surface area contributed by atoms with E-state index in [0.29, 0.717) is 15.6 Å². The van der Waals surface area contributed by atoms with Crippen molar-refractivity contribution >= 4 is 50.7 Å². The van der Waals surface area contributed by atoms with Crippen LogP contribution < -0.4 is 9.62 Å². The van der Waals surface area contributed by atoms with Crippen LogP contribution in [0.15, 0.2) is 108 Å². The summed E-state index contributed by atoms with van der Waals surface area (Å²) in [6.45, 7) is 1.33. The predicted octanol–water partition coefficient (Wildman–Crippen LogP) is 5.88. The third-order valence-electron chi connectivity index (χ3n) is 6.76. The van der Waals surface area contributed by atoms with Gasteiger partial charge in [0.2, 0.25) is 11.8 Å². The minimum absolute atomic E-state index is 0.0311. The molecule has 0 saturated heterocycles. The van der Waals surface area contributed by atoms with Crippen LogP contribution in [0.25, 0.3) is 0 Å². The van der Waals surface area contributed by atoms with Gasteiger partial charge in [-0.1, -0.05) is 83.4 Å². The van der Waals surface area contributed by atoms with Gasteiger partial charge in [-0.2, -0.15) is 0 Å². The quantitative estimate of drug-likeness (QED) is 0.226. The fraction of sp³-hybridized carbons (Fsp3) is 0.188. The van der Waals surface area contributed by atoms with E-state index in [4.69, 9.17) is 23.2 Å². The largest absolute Gasteiger partial charge is 0.357 e. The zero-order valence-electron chi connectivity index (χ0n) is 23.2. The van der Waals surface area contributed by atoms with Crippen LogP contribution in [-0.4, -0.2) is 44.8 Å². The predicted molar refractivity (Wildman–Crippen MR) is 167 cm³/mol. The number of rotatable bonds is 11. The van der Waals surface area contributed by atoms with Crippen LogP contribution in [0, 0.1) is 6.92 Å². The smallest absolute Gasteiger partial charge is 0.264 e. The average Bonchev–Trinajstić information content (AvgIpc) is 2.98. The molecule has 1 N–H and O–H groups in total. The Hall–Kier alpha value is -3.85. The molecule has 0 unspecified atom stereocenters. The maximum absolute atomic E-state index is 14.2. The van der Waals surface area contributed by atoms with E-state index in [1.807, 2.05) is 37.3 Å². The van der Waals surface area contributed by atoms with E-state index in [1.54, 1.807) is 60.7 Å². The molecule has 218 valence electrons. The zero-order chi connectivity index (χ0) is 30.3. The van der Waals surface area contributed by atoms with Crippen molar-refractivity contribution in [2.45, 2.75) is 30.8 Å². The van der Waals surface area contributed by atoms with Crippen LogP contribution >= 0.6 is 23.2 Å². The number of nitrogens with one attached hydrogen (secondary N) is 1. The highest BCUT2D eigenvalue weighted by atomic mass is 35.5. The van der Waals surface area contributed by atoms with E-state index in [-0.39, 0.29) is 29.5 Å². The van der Waals surface area contributed by atoms with Crippen LogP contribution in [0.5, 0.6) is 0 Å². The number of hydrogen-bond donors (Lipinski definition) is 1.